The molecule has 0 saturated heterocycles. The van der Waals surface area contributed by atoms with Crippen molar-refractivity contribution in [3.63, 3.8) is 0 Å². The van der Waals surface area contributed by atoms with Crippen LogP contribution in [0.25, 0.3) is 0 Å². The van der Waals surface area contributed by atoms with E-state index < -0.39 is 0 Å². The molecule has 2 nitrogen and oxygen atoms in total. The van der Waals surface area contributed by atoms with Crippen LogP contribution in [0.3, 0.4) is 0 Å². The van der Waals surface area contributed by atoms with Crippen molar-refractivity contribution in [3.8, 4) is 23.8 Å². The largest absolute Gasteiger partial charge is 0.490 e. The number of rotatable bonds is 5. The highest BCUT2D eigenvalue weighted by Crippen LogP contribution is 2.26. The van der Waals surface area contributed by atoms with E-state index in [1.54, 1.807) is 0 Å². The standard InChI is InChI=1S/C12H14O2/c1-3-5-10-14-12-9-7-6-8-11(12)13-4-2/h1,6-9H,4-5,10H2,2H3. The SMILES string of the molecule is C#CCCOc1ccccc1OCC. The van der Waals surface area contributed by atoms with E-state index in [1.807, 2.05) is 31.2 Å². The minimum absolute atomic E-state index is 0.528. The number of benzene rings is 1. The molecule has 0 amide bonds. The highest BCUT2D eigenvalue weighted by atomic mass is 16.5. The fourth-order valence-corrected chi connectivity index (χ4v) is 1.06. The van der Waals surface area contributed by atoms with Crippen LogP contribution >= 0.6 is 0 Å². The Morgan fingerprint density at radius 2 is 1.86 bits per heavy atom. The van der Waals surface area contributed by atoms with Crippen molar-refractivity contribution in [1.29, 1.82) is 0 Å². The predicted octanol–water partition coefficient (Wildman–Crippen LogP) is 2.49. The molecule has 1 aromatic rings. The topological polar surface area (TPSA) is 18.5 Å². The van der Waals surface area contributed by atoms with Crippen molar-refractivity contribution in [2.45, 2.75) is 13.3 Å². The second-order valence-electron chi connectivity index (χ2n) is 2.68. The van der Waals surface area contributed by atoms with Gasteiger partial charge in [-0.25, -0.2) is 0 Å². The Labute approximate surface area is 84.8 Å². The van der Waals surface area contributed by atoms with E-state index in [0.717, 1.165) is 11.5 Å². The molecule has 0 spiro atoms. The van der Waals surface area contributed by atoms with Gasteiger partial charge in [0.1, 0.15) is 0 Å². The van der Waals surface area contributed by atoms with Crippen LogP contribution in [0.4, 0.5) is 0 Å². The lowest BCUT2D eigenvalue weighted by molar-refractivity contribution is 0.282. The van der Waals surface area contributed by atoms with Gasteiger partial charge in [-0.3, -0.25) is 0 Å². The molecule has 0 radical (unpaired) electrons. The fraction of sp³-hybridized carbons (Fsp3) is 0.333. The lowest BCUT2D eigenvalue weighted by Crippen LogP contribution is -1.99. The molecule has 0 saturated carbocycles. The Bertz CT molecular complexity index is 312. The molecule has 0 atom stereocenters. The van der Waals surface area contributed by atoms with Crippen LogP contribution in [-0.2, 0) is 0 Å². The maximum absolute atomic E-state index is 5.46. The van der Waals surface area contributed by atoms with Gasteiger partial charge in [-0.05, 0) is 19.1 Å². The van der Waals surface area contributed by atoms with E-state index in [2.05, 4.69) is 5.92 Å². The van der Waals surface area contributed by atoms with Gasteiger partial charge in [-0.15, -0.1) is 12.3 Å². The maximum atomic E-state index is 5.46. The molecular weight excluding hydrogens is 176 g/mol. The highest BCUT2D eigenvalue weighted by Gasteiger charge is 2.01. The average Bonchev–Trinajstić information content (AvgIpc) is 2.21. The van der Waals surface area contributed by atoms with Gasteiger partial charge in [-0.2, -0.15) is 0 Å². The Hall–Kier alpha value is -1.62. The van der Waals surface area contributed by atoms with E-state index in [0.29, 0.717) is 19.6 Å². The third-order valence-corrected chi connectivity index (χ3v) is 1.65. The molecule has 0 aliphatic heterocycles. The number of ether oxygens (including phenoxy) is 2. The second kappa shape index (κ2) is 5.93. The van der Waals surface area contributed by atoms with Crippen LogP contribution in [-0.4, -0.2) is 13.2 Å². The third-order valence-electron chi connectivity index (χ3n) is 1.65. The maximum Gasteiger partial charge on any atom is 0.161 e. The van der Waals surface area contributed by atoms with E-state index in [9.17, 15) is 0 Å². The van der Waals surface area contributed by atoms with Gasteiger partial charge in [0.05, 0.1) is 13.2 Å². The molecule has 1 rings (SSSR count). The normalized spacial score (nSPS) is 9.14. The van der Waals surface area contributed by atoms with Gasteiger partial charge < -0.3 is 9.47 Å². The Balaban J connectivity index is 2.60. The van der Waals surface area contributed by atoms with E-state index in [4.69, 9.17) is 15.9 Å². The summed E-state index contributed by atoms with van der Waals surface area (Å²) in [5, 5.41) is 0. The van der Waals surface area contributed by atoms with Crippen molar-refractivity contribution in [3.05, 3.63) is 24.3 Å². The van der Waals surface area contributed by atoms with Gasteiger partial charge >= 0.3 is 0 Å². The summed E-state index contributed by atoms with van der Waals surface area (Å²) in [6, 6.07) is 7.59. The van der Waals surface area contributed by atoms with E-state index in [1.165, 1.54) is 0 Å². The zero-order valence-corrected chi connectivity index (χ0v) is 8.32. The number of hydrogen-bond acceptors (Lipinski definition) is 2. The zero-order valence-electron chi connectivity index (χ0n) is 8.32. The summed E-state index contributed by atoms with van der Waals surface area (Å²) in [6.07, 6.45) is 5.74. The number of hydrogen-bond donors (Lipinski definition) is 0. The van der Waals surface area contributed by atoms with Crippen molar-refractivity contribution >= 4 is 0 Å². The molecule has 2 heteroatoms. The Kier molecular flexibility index (Phi) is 4.43. The summed E-state index contributed by atoms with van der Waals surface area (Å²) in [4.78, 5) is 0. The zero-order chi connectivity index (χ0) is 10.2. The summed E-state index contributed by atoms with van der Waals surface area (Å²) < 4.78 is 10.9. The minimum Gasteiger partial charge on any atom is -0.490 e. The average molecular weight is 190 g/mol. The smallest absolute Gasteiger partial charge is 0.161 e. The summed E-state index contributed by atoms with van der Waals surface area (Å²) in [6.45, 7) is 3.11. The Morgan fingerprint density at radius 3 is 2.43 bits per heavy atom. The Morgan fingerprint density at radius 1 is 1.21 bits per heavy atom. The third kappa shape index (κ3) is 3.02. The van der Waals surface area contributed by atoms with Crippen LogP contribution in [0.5, 0.6) is 11.5 Å². The van der Waals surface area contributed by atoms with Gasteiger partial charge in [-0.1, -0.05) is 12.1 Å². The quantitative estimate of drug-likeness (QED) is 0.524. The lowest BCUT2D eigenvalue weighted by atomic mass is 10.3. The van der Waals surface area contributed by atoms with Crippen LogP contribution < -0.4 is 9.47 Å². The first-order chi connectivity index (χ1) is 6.88. The summed E-state index contributed by atoms with van der Waals surface area (Å²) in [5.74, 6) is 4.05. The summed E-state index contributed by atoms with van der Waals surface area (Å²) >= 11 is 0. The molecule has 1 aromatic carbocycles. The molecule has 0 bridgehead atoms. The van der Waals surface area contributed by atoms with Crippen molar-refractivity contribution in [2.75, 3.05) is 13.2 Å². The van der Waals surface area contributed by atoms with Crippen LogP contribution in [0.1, 0.15) is 13.3 Å². The van der Waals surface area contributed by atoms with Crippen LogP contribution in [0.15, 0.2) is 24.3 Å². The molecule has 0 heterocycles. The molecule has 0 aliphatic carbocycles. The molecule has 0 N–H and O–H groups in total. The number of terminal acetylenes is 1. The van der Waals surface area contributed by atoms with Gasteiger partial charge in [0.2, 0.25) is 0 Å². The monoisotopic (exact) mass is 190 g/mol. The van der Waals surface area contributed by atoms with Gasteiger partial charge in [0.25, 0.3) is 0 Å². The van der Waals surface area contributed by atoms with E-state index in [-0.39, 0.29) is 0 Å². The molecule has 0 fully saturated rings. The van der Waals surface area contributed by atoms with Crippen LogP contribution in [0, 0.1) is 12.3 Å². The second-order valence-corrected chi connectivity index (χ2v) is 2.68. The molecule has 0 aromatic heterocycles. The van der Waals surface area contributed by atoms with Gasteiger partial charge in [0, 0.05) is 6.42 Å². The predicted molar refractivity (Wildman–Crippen MR) is 56.6 cm³/mol. The van der Waals surface area contributed by atoms with Crippen molar-refractivity contribution < 1.29 is 9.47 Å². The van der Waals surface area contributed by atoms with Crippen molar-refractivity contribution in [1.82, 2.24) is 0 Å². The summed E-state index contributed by atoms with van der Waals surface area (Å²) in [7, 11) is 0. The lowest BCUT2D eigenvalue weighted by Gasteiger charge is -2.10. The van der Waals surface area contributed by atoms with Crippen LogP contribution in [0.2, 0.25) is 0 Å². The highest BCUT2D eigenvalue weighted by molar-refractivity contribution is 5.39. The first-order valence-corrected chi connectivity index (χ1v) is 4.66. The molecule has 74 valence electrons. The van der Waals surface area contributed by atoms with E-state index >= 15 is 0 Å². The first kappa shape index (κ1) is 10.5. The summed E-state index contributed by atoms with van der Waals surface area (Å²) in [5.41, 5.74) is 0. The molecule has 0 unspecified atom stereocenters. The molecule has 14 heavy (non-hydrogen) atoms. The van der Waals surface area contributed by atoms with Crippen molar-refractivity contribution in [2.24, 2.45) is 0 Å². The first-order valence-electron chi connectivity index (χ1n) is 4.66. The number of para-hydroxylation sites is 2. The fourth-order valence-electron chi connectivity index (χ4n) is 1.06. The molecular formula is C12H14O2. The van der Waals surface area contributed by atoms with Gasteiger partial charge in [0.15, 0.2) is 11.5 Å². The minimum atomic E-state index is 0.528. The molecule has 0 aliphatic rings.